The molecule has 6 nitrogen and oxygen atoms in total. The minimum absolute atomic E-state index is 0.0710. The number of halogens is 1. The minimum Gasteiger partial charge on any atom is -0.410 e. The van der Waals surface area contributed by atoms with E-state index in [9.17, 15) is 4.79 Å². The van der Waals surface area contributed by atoms with Crippen LogP contribution in [0.4, 0.5) is 5.69 Å². The van der Waals surface area contributed by atoms with Crippen molar-refractivity contribution in [1.29, 1.82) is 5.26 Å². The number of rotatable bonds is 5. The number of fused-ring (bicyclic) bond motifs is 1. The molecule has 0 aliphatic heterocycles. The Balaban J connectivity index is 1.44. The van der Waals surface area contributed by atoms with Gasteiger partial charge in [-0.25, -0.2) is 0 Å². The number of benzene rings is 2. The van der Waals surface area contributed by atoms with Crippen LogP contribution in [-0.2, 0) is 4.79 Å². The summed E-state index contributed by atoms with van der Waals surface area (Å²) in [5, 5.41) is 21.6. The fourth-order valence-electron chi connectivity index (χ4n) is 2.51. The van der Waals surface area contributed by atoms with Gasteiger partial charge < -0.3 is 9.73 Å². The molecule has 138 valence electrons. The first-order chi connectivity index (χ1) is 13.7. The first-order valence-electron chi connectivity index (χ1n) is 8.08. The molecular formula is C19H11ClN4O2S2. The maximum Gasteiger partial charge on any atom is 0.277 e. The van der Waals surface area contributed by atoms with Crippen molar-refractivity contribution in [2.75, 3.05) is 11.1 Å². The molecule has 0 spiro atoms. The summed E-state index contributed by atoms with van der Waals surface area (Å²) in [6.07, 6.45) is 0. The van der Waals surface area contributed by atoms with Gasteiger partial charge in [-0.3, -0.25) is 4.79 Å². The van der Waals surface area contributed by atoms with Crippen molar-refractivity contribution < 1.29 is 9.21 Å². The first-order valence-corrected chi connectivity index (χ1v) is 10.3. The Morgan fingerprint density at radius 1 is 1.21 bits per heavy atom. The van der Waals surface area contributed by atoms with Gasteiger partial charge in [-0.15, -0.1) is 21.5 Å². The van der Waals surface area contributed by atoms with E-state index in [1.54, 1.807) is 24.3 Å². The van der Waals surface area contributed by atoms with Crippen LogP contribution in [0, 0.1) is 11.3 Å². The van der Waals surface area contributed by atoms with E-state index in [4.69, 9.17) is 21.3 Å². The van der Waals surface area contributed by atoms with Gasteiger partial charge in [0, 0.05) is 10.1 Å². The lowest BCUT2D eigenvalue weighted by Gasteiger charge is -2.05. The topological polar surface area (TPSA) is 91.8 Å². The Hall–Kier alpha value is -2.86. The predicted octanol–water partition coefficient (Wildman–Crippen LogP) is 5.21. The number of hydrogen-bond donors (Lipinski definition) is 1. The third kappa shape index (κ3) is 3.73. The first kappa shape index (κ1) is 18.5. The Kier molecular flexibility index (Phi) is 5.30. The quantitative estimate of drug-likeness (QED) is 0.440. The Bertz CT molecular complexity index is 1210. The lowest BCUT2D eigenvalue weighted by molar-refractivity contribution is -0.113. The number of thioether (sulfide) groups is 1. The highest BCUT2D eigenvalue weighted by Crippen LogP contribution is 2.41. The van der Waals surface area contributed by atoms with Crippen molar-refractivity contribution in [1.82, 2.24) is 10.2 Å². The monoisotopic (exact) mass is 426 g/mol. The fraction of sp³-hybridized carbons (Fsp3) is 0.0526. The van der Waals surface area contributed by atoms with Gasteiger partial charge in [-0.05, 0) is 18.2 Å². The number of aromatic nitrogens is 2. The lowest BCUT2D eigenvalue weighted by Crippen LogP contribution is -2.14. The predicted molar refractivity (Wildman–Crippen MR) is 111 cm³/mol. The second-order valence-corrected chi connectivity index (χ2v) is 7.97. The van der Waals surface area contributed by atoms with Gasteiger partial charge in [0.05, 0.1) is 22.0 Å². The van der Waals surface area contributed by atoms with E-state index in [1.807, 2.05) is 30.3 Å². The van der Waals surface area contributed by atoms with Gasteiger partial charge in [0.25, 0.3) is 11.1 Å². The minimum atomic E-state index is -0.271. The largest absolute Gasteiger partial charge is 0.410 e. The van der Waals surface area contributed by atoms with Gasteiger partial charge in [0.1, 0.15) is 10.9 Å². The van der Waals surface area contributed by atoms with E-state index in [1.165, 1.54) is 11.3 Å². The number of para-hydroxylation sites is 1. The maximum absolute atomic E-state index is 12.2. The zero-order valence-electron chi connectivity index (χ0n) is 14.2. The van der Waals surface area contributed by atoms with Gasteiger partial charge in [-0.1, -0.05) is 53.7 Å². The molecule has 0 bridgehead atoms. The molecular weight excluding hydrogens is 416 g/mol. The summed E-state index contributed by atoms with van der Waals surface area (Å²) in [4.78, 5) is 12.9. The van der Waals surface area contributed by atoms with Crippen molar-refractivity contribution in [2.45, 2.75) is 5.22 Å². The normalized spacial score (nSPS) is 10.7. The van der Waals surface area contributed by atoms with Crippen molar-refractivity contribution in [3.63, 3.8) is 0 Å². The molecule has 2 heterocycles. The molecule has 4 aromatic rings. The molecule has 0 saturated heterocycles. The highest BCUT2D eigenvalue weighted by atomic mass is 35.5. The Morgan fingerprint density at radius 3 is 2.82 bits per heavy atom. The third-order valence-electron chi connectivity index (χ3n) is 3.78. The van der Waals surface area contributed by atoms with Crippen molar-refractivity contribution in [2.24, 2.45) is 0 Å². The lowest BCUT2D eigenvalue weighted by atomic mass is 10.2. The zero-order valence-corrected chi connectivity index (χ0v) is 16.6. The van der Waals surface area contributed by atoms with E-state index in [-0.39, 0.29) is 16.9 Å². The number of nitrogens with one attached hydrogen (secondary N) is 1. The smallest absolute Gasteiger partial charge is 0.277 e. The van der Waals surface area contributed by atoms with Crippen LogP contribution in [0.15, 0.2) is 58.2 Å². The number of carbonyl (C=O) groups excluding carboxylic acids is 1. The van der Waals surface area contributed by atoms with E-state index < -0.39 is 0 Å². The van der Waals surface area contributed by atoms with Crippen LogP contribution in [-0.4, -0.2) is 21.9 Å². The molecule has 0 atom stereocenters. The molecule has 4 rings (SSSR count). The number of anilines is 1. The average molecular weight is 427 g/mol. The number of nitriles is 1. The zero-order chi connectivity index (χ0) is 19.5. The average Bonchev–Trinajstić information content (AvgIpc) is 3.32. The summed E-state index contributed by atoms with van der Waals surface area (Å²) in [5.41, 5.74) is 0.874. The van der Waals surface area contributed by atoms with Crippen molar-refractivity contribution >= 4 is 56.4 Å². The van der Waals surface area contributed by atoms with Gasteiger partial charge in [-0.2, -0.15) is 5.26 Å². The van der Waals surface area contributed by atoms with Gasteiger partial charge in [0.2, 0.25) is 5.91 Å². The molecule has 28 heavy (non-hydrogen) atoms. The maximum atomic E-state index is 12.2. The van der Waals surface area contributed by atoms with E-state index >= 15 is 0 Å². The molecule has 0 radical (unpaired) electrons. The molecule has 0 aliphatic carbocycles. The number of hydrogen-bond acceptors (Lipinski definition) is 7. The van der Waals surface area contributed by atoms with Crippen LogP contribution in [0.25, 0.3) is 20.9 Å². The summed E-state index contributed by atoms with van der Waals surface area (Å²) < 4.78 is 6.69. The summed E-state index contributed by atoms with van der Waals surface area (Å²) in [7, 11) is 0. The summed E-state index contributed by atoms with van der Waals surface area (Å²) >= 11 is 9.02. The van der Waals surface area contributed by atoms with Crippen LogP contribution in [0.5, 0.6) is 0 Å². The van der Waals surface area contributed by atoms with Crippen LogP contribution >= 0.6 is 34.7 Å². The molecule has 0 aliphatic rings. The highest BCUT2D eigenvalue weighted by molar-refractivity contribution is 7.99. The van der Waals surface area contributed by atoms with E-state index in [0.29, 0.717) is 27.0 Å². The Morgan fingerprint density at radius 2 is 2.00 bits per heavy atom. The molecule has 2 aromatic heterocycles. The molecule has 0 fully saturated rings. The summed E-state index contributed by atoms with van der Waals surface area (Å²) in [6, 6.07) is 16.6. The molecule has 1 N–H and O–H groups in total. The molecule has 0 saturated carbocycles. The van der Waals surface area contributed by atoms with Crippen molar-refractivity contribution in [3.05, 3.63) is 59.1 Å². The highest BCUT2D eigenvalue weighted by Gasteiger charge is 2.18. The second-order valence-electron chi connectivity index (χ2n) is 5.61. The van der Waals surface area contributed by atoms with Crippen LogP contribution in [0.2, 0.25) is 5.02 Å². The molecule has 9 heteroatoms. The SMILES string of the molecule is N#Cc1ccccc1NC(=O)CSc1nnc(-c2sc3ccccc3c2Cl)o1. The van der Waals surface area contributed by atoms with Crippen LogP contribution in [0.3, 0.4) is 0 Å². The van der Waals surface area contributed by atoms with E-state index in [2.05, 4.69) is 15.5 Å². The standard InChI is InChI=1S/C19H11ClN4O2S2/c20-16-12-6-2-4-8-14(12)28-17(16)18-23-24-19(26-18)27-10-15(25)22-13-7-3-1-5-11(13)9-21/h1-8H,10H2,(H,22,25). The number of nitrogens with zero attached hydrogens (tertiary/aromatic N) is 3. The van der Waals surface area contributed by atoms with Gasteiger partial charge in [0.15, 0.2) is 0 Å². The summed E-state index contributed by atoms with van der Waals surface area (Å²) in [6.45, 7) is 0. The van der Waals surface area contributed by atoms with Crippen LogP contribution < -0.4 is 5.32 Å². The number of carbonyl (C=O) groups is 1. The molecule has 2 aromatic carbocycles. The summed E-state index contributed by atoms with van der Waals surface area (Å²) in [5.74, 6) is 0.123. The fourth-order valence-corrected chi connectivity index (χ4v) is 4.51. The second kappa shape index (κ2) is 8.02. The third-order valence-corrected chi connectivity index (χ3v) is 6.27. The Labute approximate surface area is 173 Å². The van der Waals surface area contributed by atoms with Gasteiger partial charge >= 0.3 is 0 Å². The van der Waals surface area contributed by atoms with Crippen LogP contribution in [0.1, 0.15) is 5.56 Å². The molecule has 1 amide bonds. The number of amides is 1. The van der Waals surface area contributed by atoms with Crippen molar-refractivity contribution in [3.8, 4) is 16.8 Å². The number of thiophene rings is 1. The van der Waals surface area contributed by atoms with E-state index in [0.717, 1.165) is 21.8 Å². The molecule has 0 unspecified atom stereocenters.